The van der Waals surface area contributed by atoms with Gasteiger partial charge in [0.1, 0.15) is 16.8 Å². The van der Waals surface area contributed by atoms with Crippen LogP contribution in [0.1, 0.15) is 27.2 Å². The van der Waals surface area contributed by atoms with Gasteiger partial charge in [0, 0.05) is 18.1 Å². The van der Waals surface area contributed by atoms with E-state index in [9.17, 15) is 9.59 Å². The van der Waals surface area contributed by atoms with Crippen LogP contribution in [0.5, 0.6) is 0 Å². The van der Waals surface area contributed by atoms with Gasteiger partial charge in [0.05, 0.1) is 24.1 Å². The molecule has 1 spiro atoms. The highest BCUT2D eigenvalue weighted by Gasteiger charge is 2.49. The highest BCUT2D eigenvalue weighted by atomic mass is 16.6. The number of carbonyl (C=O) groups excluding carboxylic acids is 2. The number of likely N-dealkylation sites (tertiary alicyclic amines) is 1. The van der Waals surface area contributed by atoms with E-state index in [-0.39, 0.29) is 12.5 Å². The Hall–Kier alpha value is -2.77. The summed E-state index contributed by atoms with van der Waals surface area (Å²) in [6, 6.07) is 1.92. The Morgan fingerprint density at radius 3 is 2.96 bits per heavy atom. The van der Waals surface area contributed by atoms with E-state index in [4.69, 9.17) is 4.74 Å². The van der Waals surface area contributed by atoms with Crippen molar-refractivity contribution in [2.45, 2.75) is 38.3 Å². The molecule has 8 nitrogen and oxygen atoms in total. The Balaban J connectivity index is 1.62. The lowest BCUT2D eigenvalue weighted by Gasteiger charge is -2.35. The van der Waals surface area contributed by atoms with Crippen molar-refractivity contribution in [2.24, 2.45) is 0 Å². The average molecular weight is 343 g/mol. The predicted octanol–water partition coefficient (Wildman–Crippen LogP) is 2.31. The van der Waals surface area contributed by atoms with E-state index >= 15 is 0 Å². The number of ether oxygens (including phenoxy) is 1. The van der Waals surface area contributed by atoms with Crippen LogP contribution >= 0.6 is 0 Å². The van der Waals surface area contributed by atoms with E-state index in [0.717, 1.165) is 16.7 Å². The van der Waals surface area contributed by atoms with Crippen LogP contribution in [-0.2, 0) is 9.53 Å². The van der Waals surface area contributed by atoms with Crippen LogP contribution in [0.3, 0.4) is 0 Å². The van der Waals surface area contributed by atoms with Crippen molar-refractivity contribution in [3.8, 4) is 0 Å². The Bertz CT molecular complexity index is 869. The van der Waals surface area contributed by atoms with Crippen LogP contribution in [0, 0.1) is 0 Å². The number of anilines is 2. The van der Waals surface area contributed by atoms with E-state index in [1.807, 2.05) is 33.0 Å². The number of aromatic amines is 1. The summed E-state index contributed by atoms with van der Waals surface area (Å²) in [7, 11) is 0. The molecule has 1 saturated heterocycles. The van der Waals surface area contributed by atoms with E-state index in [1.165, 1.54) is 0 Å². The summed E-state index contributed by atoms with van der Waals surface area (Å²) < 4.78 is 5.43. The van der Waals surface area contributed by atoms with Gasteiger partial charge < -0.3 is 25.3 Å². The lowest BCUT2D eigenvalue weighted by atomic mass is 9.93. The molecule has 2 aromatic heterocycles. The van der Waals surface area contributed by atoms with E-state index in [1.54, 1.807) is 11.1 Å². The minimum absolute atomic E-state index is 0.150. The van der Waals surface area contributed by atoms with Crippen LogP contribution in [-0.4, -0.2) is 51.1 Å². The number of pyridine rings is 1. The number of amides is 2. The molecule has 2 aliphatic rings. The molecule has 4 rings (SSSR count). The van der Waals surface area contributed by atoms with Crippen LogP contribution in [0.2, 0.25) is 0 Å². The number of fused-ring (bicyclic) bond motifs is 3. The van der Waals surface area contributed by atoms with Crippen LogP contribution in [0.15, 0.2) is 18.5 Å². The minimum atomic E-state index is -0.852. The summed E-state index contributed by atoms with van der Waals surface area (Å²) in [6.45, 7) is 6.21. The topological polar surface area (TPSA) is 99.3 Å². The Morgan fingerprint density at radius 2 is 2.20 bits per heavy atom. The summed E-state index contributed by atoms with van der Waals surface area (Å²) in [5.41, 5.74) is 0.815. The number of carbonyl (C=O) groups is 2. The average Bonchev–Trinajstić information content (AvgIpc) is 3.15. The summed E-state index contributed by atoms with van der Waals surface area (Å²) in [5, 5.41) is 7.21. The highest BCUT2D eigenvalue weighted by molar-refractivity contribution is 6.11. The maximum atomic E-state index is 12.7. The second kappa shape index (κ2) is 5.11. The van der Waals surface area contributed by atoms with Crippen molar-refractivity contribution in [1.82, 2.24) is 14.9 Å². The standard InChI is InChI=1S/C17H21N5O3/c1-16(2,3)25-15(24)22-7-5-17(9-22)14(23)20-11-8-19-13-10(4-6-18-13)12(11)21-17/h4,6,8,21H,5,7,9H2,1-3H3,(H,18,19)(H,20,23). The molecule has 0 aliphatic carbocycles. The number of nitrogens with one attached hydrogen (secondary N) is 3. The van der Waals surface area contributed by atoms with Crippen LogP contribution in [0.25, 0.3) is 11.0 Å². The largest absolute Gasteiger partial charge is 0.444 e. The first-order valence-electron chi connectivity index (χ1n) is 8.31. The highest BCUT2D eigenvalue weighted by Crippen LogP contribution is 2.39. The van der Waals surface area contributed by atoms with Gasteiger partial charge in [0.15, 0.2) is 0 Å². The Labute approximate surface area is 144 Å². The summed E-state index contributed by atoms with van der Waals surface area (Å²) in [5.74, 6) is -0.150. The summed E-state index contributed by atoms with van der Waals surface area (Å²) in [6.07, 6.45) is 3.56. The van der Waals surface area contributed by atoms with Gasteiger partial charge in [-0.2, -0.15) is 0 Å². The molecule has 132 valence electrons. The van der Waals surface area contributed by atoms with Gasteiger partial charge in [-0.3, -0.25) is 4.79 Å². The molecule has 0 aromatic carbocycles. The normalized spacial score (nSPS) is 22.7. The second-order valence-corrected chi connectivity index (χ2v) is 7.60. The first-order valence-corrected chi connectivity index (χ1v) is 8.31. The quantitative estimate of drug-likeness (QED) is 0.682. The number of hydrogen-bond acceptors (Lipinski definition) is 5. The van der Waals surface area contributed by atoms with Crippen molar-refractivity contribution in [1.29, 1.82) is 0 Å². The molecular weight excluding hydrogens is 322 g/mol. The third-order valence-corrected chi connectivity index (χ3v) is 4.55. The molecule has 1 fully saturated rings. The number of rotatable bonds is 0. The fourth-order valence-corrected chi connectivity index (χ4v) is 3.35. The number of nitrogens with zero attached hydrogens (tertiary/aromatic N) is 2. The molecule has 0 bridgehead atoms. The van der Waals surface area contributed by atoms with Crippen LogP contribution < -0.4 is 10.6 Å². The molecule has 0 saturated carbocycles. The zero-order valence-electron chi connectivity index (χ0n) is 14.5. The summed E-state index contributed by atoms with van der Waals surface area (Å²) in [4.78, 5) is 34.0. The lowest BCUT2D eigenvalue weighted by molar-refractivity contribution is -0.120. The van der Waals surface area contributed by atoms with Gasteiger partial charge in [-0.15, -0.1) is 0 Å². The van der Waals surface area contributed by atoms with Gasteiger partial charge in [0.2, 0.25) is 0 Å². The number of hydrogen-bond donors (Lipinski definition) is 3. The van der Waals surface area contributed by atoms with E-state index in [0.29, 0.717) is 18.7 Å². The van der Waals surface area contributed by atoms with Gasteiger partial charge in [-0.05, 0) is 33.3 Å². The SMILES string of the molecule is CC(C)(C)OC(=O)N1CCC2(C1)Nc1c(cnc3[nH]ccc13)NC2=O. The Morgan fingerprint density at radius 1 is 1.40 bits per heavy atom. The van der Waals surface area contributed by atoms with Crippen molar-refractivity contribution in [3.05, 3.63) is 18.5 Å². The Kier molecular flexibility index (Phi) is 3.22. The van der Waals surface area contributed by atoms with Gasteiger partial charge in [-0.25, -0.2) is 9.78 Å². The number of aromatic nitrogens is 2. The predicted molar refractivity (Wildman–Crippen MR) is 93.5 cm³/mol. The van der Waals surface area contributed by atoms with E-state index in [2.05, 4.69) is 20.6 Å². The maximum absolute atomic E-state index is 12.7. The number of H-pyrrole nitrogens is 1. The fraction of sp³-hybridized carbons (Fsp3) is 0.471. The van der Waals surface area contributed by atoms with Crippen molar-refractivity contribution in [3.63, 3.8) is 0 Å². The fourth-order valence-electron chi connectivity index (χ4n) is 3.35. The minimum Gasteiger partial charge on any atom is -0.444 e. The van der Waals surface area contributed by atoms with Gasteiger partial charge in [-0.1, -0.05) is 0 Å². The van der Waals surface area contributed by atoms with Gasteiger partial charge in [0.25, 0.3) is 5.91 Å². The molecule has 0 radical (unpaired) electrons. The van der Waals surface area contributed by atoms with Gasteiger partial charge >= 0.3 is 6.09 Å². The third-order valence-electron chi connectivity index (χ3n) is 4.55. The monoisotopic (exact) mass is 343 g/mol. The molecule has 3 N–H and O–H groups in total. The molecule has 2 aliphatic heterocycles. The molecule has 25 heavy (non-hydrogen) atoms. The molecule has 4 heterocycles. The van der Waals surface area contributed by atoms with Crippen molar-refractivity contribution in [2.75, 3.05) is 23.7 Å². The smallest absolute Gasteiger partial charge is 0.410 e. The molecule has 8 heteroatoms. The zero-order valence-corrected chi connectivity index (χ0v) is 14.5. The maximum Gasteiger partial charge on any atom is 0.410 e. The van der Waals surface area contributed by atoms with Crippen LogP contribution in [0.4, 0.5) is 16.2 Å². The van der Waals surface area contributed by atoms with E-state index < -0.39 is 17.2 Å². The second-order valence-electron chi connectivity index (χ2n) is 7.60. The zero-order chi connectivity index (χ0) is 17.8. The third kappa shape index (κ3) is 2.57. The molecule has 1 unspecified atom stereocenters. The molecule has 1 atom stereocenters. The molecular formula is C17H21N5O3. The summed E-state index contributed by atoms with van der Waals surface area (Å²) >= 11 is 0. The first kappa shape index (κ1) is 15.7. The first-order chi connectivity index (χ1) is 11.8. The van der Waals surface area contributed by atoms with Crippen molar-refractivity contribution < 1.29 is 14.3 Å². The lowest BCUT2D eigenvalue weighted by Crippen LogP contribution is -2.54. The molecule has 2 aromatic rings. The molecule has 2 amide bonds. The van der Waals surface area contributed by atoms with Crippen molar-refractivity contribution >= 4 is 34.4 Å².